The molecule has 2 N–H and O–H groups in total. The van der Waals surface area contributed by atoms with Crippen molar-refractivity contribution in [2.75, 3.05) is 11.4 Å². The number of benzene rings is 2. The summed E-state index contributed by atoms with van der Waals surface area (Å²) in [4.78, 5) is 8.09. The number of nitrogens with one attached hydrogen (secondary N) is 2. The van der Waals surface area contributed by atoms with Gasteiger partial charge in [-0.1, -0.05) is 36.4 Å². The molecule has 29 heavy (non-hydrogen) atoms. The SMILES string of the molecule is CN(c1ccc2[nH]c(-c3n[nH]c4ccccc34)cc2n1)S(=O)(=O)c1ccccc1. The minimum Gasteiger partial charge on any atom is -0.352 e. The summed E-state index contributed by atoms with van der Waals surface area (Å²) < 4.78 is 26.9. The first-order chi connectivity index (χ1) is 14.0. The molecule has 0 bridgehead atoms. The molecule has 0 unspecified atom stereocenters. The highest BCUT2D eigenvalue weighted by atomic mass is 32.2. The topological polar surface area (TPSA) is 94.7 Å². The summed E-state index contributed by atoms with van der Waals surface area (Å²) in [5.74, 6) is 0.346. The van der Waals surface area contributed by atoms with E-state index >= 15 is 0 Å². The van der Waals surface area contributed by atoms with Gasteiger partial charge in [0.15, 0.2) is 0 Å². The van der Waals surface area contributed by atoms with Crippen molar-refractivity contribution < 1.29 is 8.42 Å². The van der Waals surface area contributed by atoms with Gasteiger partial charge in [0.05, 0.1) is 27.1 Å². The maximum Gasteiger partial charge on any atom is 0.265 e. The van der Waals surface area contributed by atoms with Crippen molar-refractivity contribution in [2.24, 2.45) is 0 Å². The van der Waals surface area contributed by atoms with Gasteiger partial charge >= 0.3 is 0 Å². The lowest BCUT2D eigenvalue weighted by molar-refractivity contribution is 0.594. The quantitative estimate of drug-likeness (QED) is 0.475. The van der Waals surface area contributed by atoms with E-state index in [0.29, 0.717) is 11.3 Å². The Balaban J connectivity index is 1.56. The van der Waals surface area contributed by atoms with E-state index in [9.17, 15) is 8.42 Å². The van der Waals surface area contributed by atoms with Crippen molar-refractivity contribution in [1.29, 1.82) is 0 Å². The number of aromatic nitrogens is 4. The van der Waals surface area contributed by atoms with Crippen molar-refractivity contribution in [3.63, 3.8) is 0 Å². The molecule has 8 heteroatoms. The molecule has 0 radical (unpaired) electrons. The molecule has 0 atom stereocenters. The summed E-state index contributed by atoms with van der Waals surface area (Å²) in [6.07, 6.45) is 0. The Kier molecular flexibility index (Phi) is 3.88. The van der Waals surface area contributed by atoms with Gasteiger partial charge in [-0.05, 0) is 36.4 Å². The Bertz CT molecular complexity index is 1440. The van der Waals surface area contributed by atoms with Gasteiger partial charge in [0.25, 0.3) is 10.0 Å². The molecule has 5 rings (SSSR count). The Morgan fingerprint density at radius 1 is 0.897 bits per heavy atom. The van der Waals surface area contributed by atoms with Crippen LogP contribution < -0.4 is 4.31 Å². The number of rotatable bonds is 4. The van der Waals surface area contributed by atoms with Crippen LogP contribution in [-0.2, 0) is 10.0 Å². The van der Waals surface area contributed by atoms with Crippen molar-refractivity contribution in [3.05, 3.63) is 72.8 Å². The second kappa shape index (κ2) is 6.46. The highest BCUT2D eigenvalue weighted by Crippen LogP contribution is 2.29. The summed E-state index contributed by atoms with van der Waals surface area (Å²) in [6.45, 7) is 0. The van der Waals surface area contributed by atoms with E-state index < -0.39 is 10.0 Å². The molecular weight excluding hydrogens is 386 g/mol. The number of aromatic amines is 2. The monoisotopic (exact) mass is 403 g/mol. The molecule has 0 saturated carbocycles. The zero-order valence-electron chi connectivity index (χ0n) is 15.5. The Labute approximate surface area is 167 Å². The highest BCUT2D eigenvalue weighted by molar-refractivity contribution is 7.92. The predicted octanol–water partition coefficient (Wildman–Crippen LogP) is 3.93. The minimum absolute atomic E-state index is 0.224. The lowest BCUT2D eigenvalue weighted by Crippen LogP contribution is -2.27. The summed E-state index contributed by atoms with van der Waals surface area (Å²) in [5.41, 5.74) is 4.03. The Morgan fingerprint density at radius 3 is 2.48 bits per heavy atom. The lowest BCUT2D eigenvalue weighted by Gasteiger charge is -2.18. The van der Waals surface area contributed by atoms with E-state index in [2.05, 4.69) is 20.2 Å². The van der Waals surface area contributed by atoms with E-state index in [1.165, 1.54) is 11.4 Å². The number of hydrogen-bond acceptors (Lipinski definition) is 4. The van der Waals surface area contributed by atoms with Gasteiger partial charge in [0.2, 0.25) is 0 Å². The van der Waals surface area contributed by atoms with Crippen molar-refractivity contribution in [3.8, 4) is 11.4 Å². The van der Waals surface area contributed by atoms with Gasteiger partial charge < -0.3 is 4.98 Å². The molecule has 0 amide bonds. The van der Waals surface area contributed by atoms with Crippen molar-refractivity contribution in [1.82, 2.24) is 20.2 Å². The van der Waals surface area contributed by atoms with E-state index in [0.717, 1.165) is 27.8 Å². The highest BCUT2D eigenvalue weighted by Gasteiger charge is 2.22. The molecule has 5 aromatic rings. The summed E-state index contributed by atoms with van der Waals surface area (Å²) in [5, 5.41) is 8.43. The van der Waals surface area contributed by atoms with Crippen LogP contribution in [0.5, 0.6) is 0 Å². The van der Waals surface area contributed by atoms with Crippen molar-refractivity contribution >= 4 is 37.8 Å². The molecule has 3 aromatic heterocycles. The van der Waals surface area contributed by atoms with E-state index in [4.69, 9.17) is 0 Å². The Hall–Kier alpha value is -3.65. The molecule has 3 heterocycles. The molecular formula is C21H17N5O2S. The van der Waals surface area contributed by atoms with Gasteiger partial charge in [-0.2, -0.15) is 5.10 Å². The van der Waals surface area contributed by atoms with Crippen LogP contribution in [0.2, 0.25) is 0 Å². The fourth-order valence-electron chi connectivity index (χ4n) is 3.34. The number of para-hydroxylation sites is 1. The zero-order valence-corrected chi connectivity index (χ0v) is 16.3. The Morgan fingerprint density at radius 2 is 1.66 bits per heavy atom. The molecule has 0 aliphatic carbocycles. The maximum atomic E-state index is 12.9. The van der Waals surface area contributed by atoms with Crippen LogP contribution in [0, 0.1) is 0 Å². The molecule has 0 saturated heterocycles. The van der Waals surface area contributed by atoms with E-state index in [-0.39, 0.29) is 4.90 Å². The second-order valence-electron chi connectivity index (χ2n) is 6.69. The average molecular weight is 403 g/mol. The van der Waals surface area contributed by atoms with Crippen LogP contribution in [0.15, 0.2) is 77.7 Å². The van der Waals surface area contributed by atoms with Crippen LogP contribution in [0.1, 0.15) is 0 Å². The summed E-state index contributed by atoms with van der Waals surface area (Å²) >= 11 is 0. The second-order valence-corrected chi connectivity index (χ2v) is 8.66. The minimum atomic E-state index is -3.68. The van der Waals surface area contributed by atoms with Gasteiger partial charge in [0, 0.05) is 12.4 Å². The maximum absolute atomic E-state index is 12.9. The van der Waals surface area contributed by atoms with Crippen LogP contribution in [0.3, 0.4) is 0 Å². The zero-order chi connectivity index (χ0) is 20.0. The van der Waals surface area contributed by atoms with Gasteiger partial charge in [-0.3, -0.25) is 9.40 Å². The fourth-order valence-corrected chi connectivity index (χ4v) is 4.51. The number of H-pyrrole nitrogens is 2. The molecule has 7 nitrogen and oxygen atoms in total. The molecule has 0 fully saturated rings. The van der Waals surface area contributed by atoms with Crippen LogP contribution in [-0.4, -0.2) is 35.6 Å². The van der Waals surface area contributed by atoms with Crippen LogP contribution in [0.25, 0.3) is 33.3 Å². The number of nitrogens with zero attached hydrogens (tertiary/aromatic N) is 3. The first-order valence-corrected chi connectivity index (χ1v) is 10.5. The third-order valence-corrected chi connectivity index (χ3v) is 6.69. The van der Waals surface area contributed by atoms with Gasteiger partial charge in [0.1, 0.15) is 11.5 Å². The molecule has 144 valence electrons. The first-order valence-electron chi connectivity index (χ1n) is 9.01. The molecule has 0 aliphatic heterocycles. The van der Waals surface area contributed by atoms with Crippen LogP contribution in [0.4, 0.5) is 5.82 Å². The average Bonchev–Trinajstić information content (AvgIpc) is 3.37. The molecule has 2 aromatic carbocycles. The van der Waals surface area contributed by atoms with Crippen LogP contribution >= 0.6 is 0 Å². The number of fused-ring (bicyclic) bond motifs is 2. The third kappa shape index (κ3) is 2.85. The van der Waals surface area contributed by atoms with Gasteiger partial charge in [-0.15, -0.1) is 0 Å². The standard InChI is InChI=1S/C21H17N5O2S/c1-26(29(27,28)14-7-3-2-4-8-14)20-12-11-17-18(23-20)13-19(22-17)21-15-9-5-6-10-16(15)24-25-21/h2-13,22H,1H3,(H,24,25). The lowest BCUT2D eigenvalue weighted by atomic mass is 10.2. The predicted molar refractivity (Wildman–Crippen MR) is 113 cm³/mol. The number of sulfonamides is 1. The fraction of sp³-hybridized carbons (Fsp3) is 0.0476. The van der Waals surface area contributed by atoms with Crippen molar-refractivity contribution in [2.45, 2.75) is 4.90 Å². The molecule has 0 spiro atoms. The van der Waals surface area contributed by atoms with E-state index in [1.807, 2.05) is 36.4 Å². The number of anilines is 1. The summed E-state index contributed by atoms with van der Waals surface area (Å²) in [7, 11) is -2.18. The summed E-state index contributed by atoms with van der Waals surface area (Å²) in [6, 6.07) is 21.6. The third-order valence-electron chi connectivity index (χ3n) is 4.91. The van der Waals surface area contributed by atoms with E-state index in [1.54, 1.807) is 36.4 Å². The molecule has 0 aliphatic rings. The first kappa shape index (κ1) is 17.4. The number of hydrogen-bond donors (Lipinski definition) is 2. The normalized spacial score (nSPS) is 11.9. The largest absolute Gasteiger partial charge is 0.352 e. The van der Waals surface area contributed by atoms with Gasteiger partial charge in [-0.25, -0.2) is 13.4 Å². The smallest absolute Gasteiger partial charge is 0.265 e. The number of pyridine rings is 1.